The van der Waals surface area contributed by atoms with Gasteiger partial charge in [-0.2, -0.15) is 0 Å². The van der Waals surface area contributed by atoms with Gasteiger partial charge in [0.1, 0.15) is 11.5 Å². The number of urea groups is 1. The van der Waals surface area contributed by atoms with E-state index in [4.69, 9.17) is 5.73 Å². The third-order valence-electron chi connectivity index (χ3n) is 5.26. The molecule has 0 saturated heterocycles. The maximum atomic E-state index is 12.9. The van der Waals surface area contributed by atoms with Crippen LogP contribution < -0.4 is 21.9 Å². The molecule has 1 heterocycles. The van der Waals surface area contributed by atoms with Gasteiger partial charge in [0.15, 0.2) is 0 Å². The van der Waals surface area contributed by atoms with E-state index >= 15 is 0 Å². The summed E-state index contributed by atoms with van der Waals surface area (Å²) in [5.74, 6) is -0.533. The molecule has 2 amide bonds. The Morgan fingerprint density at radius 2 is 1.79 bits per heavy atom. The Bertz CT molecular complexity index is 1160. The van der Waals surface area contributed by atoms with Gasteiger partial charge in [0.25, 0.3) is 5.56 Å². The summed E-state index contributed by atoms with van der Waals surface area (Å²) in [4.78, 5) is 41.1. The number of rotatable bonds is 9. The monoisotopic (exact) mass is 449 g/mol. The summed E-state index contributed by atoms with van der Waals surface area (Å²) in [6, 6.07) is 15.3. The number of hydrogen-bond donors (Lipinski definition) is 4. The molecule has 3 aromatic rings. The highest BCUT2D eigenvalue weighted by Crippen LogP contribution is 2.18. The first kappa shape index (κ1) is 23.7. The third kappa shape index (κ3) is 6.50. The smallest absolute Gasteiger partial charge is 0.319 e. The molecule has 3 rings (SSSR count). The van der Waals surface area contributed by atoms with Gasteiger partial charge in [0.05, 0.1) is 18.7 Å². The highest BCUT2D eigenvalue weighted by Gasteiger charge is 2.19. The molecule has 0 fully saturated rings. The highest BCUT2D eigenvalue weighted by atomic mass is 16.4. The lowest BCUT2D eigenvalue weighted by molar-refractivity contribution is -0.137. The molecule has 1 aromatic heterocycles. The van der Waals surface area contributed by atoms with Crippen LogP contribution in [0.25, 0.3) is 0 Å². The molecule has 9 heteroatoms. The van der Waals surface area contributed by atoms with Crippen molar-refractivity contribution in [3.63, 3.8) is 0 Å². The van der Waals surface area contributed by atoms with E-state index in [0.29, 0.717) is 30.9 Å². The normalized spacial score (nSPS) is 11.6. The Labute approximate surface area is 191 Å². The second-order valence-corrected chi connectivity index (χ2v) is 7.61. The number of benzene rings is 2. The summed E-state index contributed by atoms with van der Waals surface area (Å²) in [5, 5.41) is 14.4. The van der Waals surface area contributed by atoms with Crippen molar-refractivity contribution in [1.82, 2.24) is 14.9 Å². The summed E-state index contributed by atoms with van der Waals surface area (Å²) in [6.07, 6.45) is 1.62. The van der Waals surface area contributed by atoms with E-state index in [1.807, 2.05) is 30.3 Å². The number of carbonyl (C=O) groups excluding carboxylic acids is 1. The number of aryl methyl sites for hydroxylation is 2. The minimum absolute atomic E-state index is 0.0127. The van der Waals surface area contributed by atoms with Gasteiger partial charge < -0.3 is 21.5 Å². The molecule has 1 atom stereocenters. The number of nitrogens with one attached hydrogen (secondary N) is 2. The molecule has 0 saturated carbocycles. The maximum absolute atomic E-state index is 12.9. The number of nitrogens with zero attached hydrogens (tertiary/aromatic N) is 2. The van der Waals surface area contributed by atoms with Crippen LogP contribution in [0.1, 0.15) is 35.0 Å². The van der Waals surface area contributed by atoms with E-state index in [1.54, 1.807) is 31.2 Å². The number of carbonyl (C=O) groups is 2. The van der Waals surface area contributed by atoms with Crippen LogP contribution in [0, 0.1) is 6.92 Å². The van der Waals surface area contributed by atoms with Crippen molar-refractivity contribution in [2.45, 2.75) is 38.9 Å². The van der Waals surface area contributed by atoms with Gasteiger partial charge in [-0.3, -0.25) is 14.2 Å². The zero-order valence-electron chi connectivity index (χ0n) is 18.3. The molecule has 5 N–H and O–H groups in total. The van der Waals surface area contributed by atoms with Crippen LogP contribution in [0.2, 0.25) is 0 Å². The van der Waals surface area contributed by atoms with Gasteiger partial charge in [0.2, 0.25) is 0 Å². The number of carboxylic acids is 1. The van der Waals surface area contributed by atoms with Crippen molar-refractivity contribution in [3.8, 4) is 0 Å². The molecule has 0 aliphatic heterocycles. The van der Waals surface area contributed by atoms with E-state index in [1.165, 1.54) is 10.8 Å². The van der Waals surface area contributed by atoms with Crippen molar-refractivity contribution in [2.75, 3.05) is 5.32 Å². The van der Waals surface area contributed by atoms with E-state index in [0.717, 1.165) is 11.1 Å². The molecule has 0 aliphatic carbocycles. The van der Waals surface area contributed by atoms with Crippen molar-refractivity contribution in [2.24, 2.45) is 5.73 Å². The van der Waals surface area contributed by atoms with Crippen molar-refractivity contribution in [1.29, 1.82) is 0 Å². The first-order valence-corrected chi connectivity index (χ1v) is 10.6. The first-order chi connectivity index (χ1) is 15.9. The molecular weight excluding hydrogens is 422 g/mol. The number of hydrogen-bond acceptors (Lipinski definition) is 5. The fraction of sp³-hybridized carbons (Fsp3) is 0.250. The van der Waals surface area contributed by atoms with Gasteiger partial charge >= 0.3 is 12.0 Å². The van der Waals surface area contributed by atoms with Crippen molar-refractivity contribution >= 4 is 17.7 Å². The summed E-state index contributed by atoms with van der Waals surface area (Å²) < 4.78 is 1.50. The molecule has 2 aromatic carbocycles. The lowest BCUT2D eigenvalue weighted by Gasteiger charge is -2.18. The first-order valence-electron chi connectivity index (χ1n) is 10.6. The molecule has 0 spiro atoms. The largest absolute Gasteiger partial charge is 0.481 e. The summed E-state index contributed by atoms with van der Waals surface area (Å²) in [6.45, 7) is 2.49. The maximum Gasteiger partial charge on any atom is 0.319 e. The Balaban J connectivity index is 1.73. The second-order valence-electron chi connectivity index (χ2n) is 7.61. The average molecular weight is 450 g/mol. The standard InChI is InChI=1S/C24H27N5O4/c1-16-26-15-21(23(32)29(16)12-11-17-5-3-2-4-6-17)28-24(33)27-20(13-22(30)31)19-9-7-18(14-25)8-10-19/h2-10,15,20H,11-14,25H2,1H3,(H,30,31)(H2,27,28,33)/t20-/m0/s1. The number of aliphatic carboxylic acids is 1. The van der Waals surface area contributed by atoms with Gasteiger partial charge in [-0.15, -0.1) is 0 Å². The topological polar surface area (TPSA) is 139 Å². The zero-order valence-corrected chi connectivity index (χ0v) is 18.3. The number of amides is 2. The average Bonchev–Trinajstić information content (AvgIpc) is 2.81. The molecule has 0 radical (unpaired) electrons. The zero-order chi connectivity index (χ0) is 23.8. The van der Waals surface area contributed by atoms with Gasteiger partial charge in [0, 0.05) is 13.1 Å². The number of carboxylic acid groups (broad SMARTS) is 1. The van der Waals surface area contributed by atoms with Crippen LogP contribution in [0.4, 0.5) is 10.5 Å². The Morgan fingerprint density at radius 1 is 1.09 bits per heavy atom. The van der Waals surface area contributed by atoms with Crippen LogP contribution in [0.5, 0.6) is 0 Å². The lowest BCUT2D eigenvalue weighted by Crippen LogP contribution is -2.36. The van der Waals surface area contributed by atoms with Gasteiger partial charge in [-0.05, 0) is 30.0 Å². The van der Waals surface area contributed by atoms with E-state index in [-0.39, 0.29) is 17.7 Å². The van der Waals surface area contributed by atoms with Crippen molar-refractivity contribution < 1.29 is 14.7 Å². The van der Waals surface area contributed by atoms with Crippen molar-refractivity contribution in [3.05, 3.63) is 93.7 Å². The van der Waals surface area contributed by atoms with Crippen LogP contribution in [-0.2, 0) is 24.3 Å². The quantitative estimate of drug-likeness (QED) is 0.396. The van der Waals surface area contributed by atoms with Crippen LogP contribution in [0.15, 0.2) is 65.6 Å². The van der Waals surface area contributed by atoms with Gasteiger partial charge in [-0.1, -0.05) is 54.6 Å². The minimum Gasteiger partial charge on any atom is -0.481 e. The van der Waals surface area contributed by atoms with E-state index in [9.17, 15) is 19.5 Å². The fourth-order valence-electron chi connectivity index (χ4n) is 3.44. The SMILES string of the molecule is Cc1ncc(NC(=O)N[C@@H](CC(=O)O)c2ccc(CN)cc2)c(=O)n1CCc1ccccc1. The van der Waals surface area contributed by atoms with E-state index < -0.39 is 18.0 Å². The molecule has 0 aliphatic rings. The van der Waals surface area contributed by atoms with Crippen LogP contribution in [0.3, 0.4) is 0 Å². The second kappa shape index (κ2) is 11.1. The van der Waals surface area contributed by atoms with Crippen LogP contribution >= 0.6 is 0 Å². The lowest BCUT2D eigenvalue weighted by atomic mass is 10.0. The minimum atomic E-state index is -1.07. The molecule has 0 bridgehead atoms. The Hall–Kier alpha value is -3.98. The number of nitrogens with two attached hydrogens (primary N) is 1. The molecule has 172 valence electrons. The molecule has 0 unspecified atom stereocenters. The molecular formula is C24H27N5O4. The predicted molar refractivity (Wildman–Crippen MR) is 125 cm³/mol. The summed E-state index contributed by atoms with van der Waals surface area (Å²) >= 11 is 0. The van der Waals surface area contributed by atoms with Gasteiger partial charge in [-0.25, -0.2) is 9.78 Å². The molecule has 9 nitrogen and oxygen atoms in total. The predicted octanol–water partition coefficient (Wildman–Crippen LogP) is 2.59. The number of anilines is 1. The highest BCUT2D eigenvalue weighted by molar-refractivity contribution is 5.89. The Kier molecular flexibility index (Phi) is 7.93. The van der Waals surface area contributed by atoms with E-state index in [2.05, 4.69) is 15.6 Å². The molecule has 33 heavy (non-hydrogen) atoms. The summed E-state index contributed by atoms with van der Waals surface area (Å²) in [5.41, 5.74) is 7.82. The number of aromatic nitrogens is 2. The fourth-order valence-corrected chi connectivity index (χ4v) is 3.44. The third-order valence-corrected chi connectivity index (χ3v) is 5.26. The Morgan fingerprint density at radius 3 is 2.42 bits per heavy atom. The summed E-state index contributed by atoms with van der Waals surface area (Å²) in [7, 11) is 0. The van der Waals surface area contributed by atoms with Crippen LogP contribution in [-0.4, -0.2) is 26.7 Å².